The van der Waals surface area contributed by atoms with Crippen molar-refractivity contribution in [3.63, 3.8) is 0 Å². The van der Waals surface area contributed by atoms with Crippen molar-refractivity contribution in [3.05, 3.63) is 35.4 Å². The summed E-state index contributed by atoms with van der Waals surface area (Å²) in [6, 6.07) is 8.74. The highest BCUT2D eigenvalue weighted by atomic mass is 127. The molecule has 0 unspecified atom stereocenters. The molecule has 1 aliphatic carbocycles. The lowest BCUT2D eigenvalue weighted by Crippen LogP contribution is -2.41. The summed E-state index contributed by atoms with van der Waals surface area (Å²) in [6.07, 6.45) is 6.35. The van der Waals surface area contributed by atoms with E-state index in [1.54, 1.807) is 0 Å². The van der Waals surface area contributed by atoms with E-state index in [0.717, 1.165) is 6.61 Å². The van der Waals surface area contributed by atoms with Gasteiger partial charge >= 0.3 is 0 Å². The number of rotatable bonds is 6. The van der Waals surface area contributed by atoms with Crippen LogP contribution in [-0.4, -0.2) is 18.6 Å². The van der Waals surface area contributed by atoms with Crippen molar-refractivity contribution in [2.75, 3.05) is 6.61 Å². The van der Waals surface area contributed by atoms with E-state index in [2.05, 4.69) is 22.4 Å². The lowest BCUT2D eigenvalue weighted by Gasteiger charge is -2.23. The van der Waals surface area contributed by atoms with Crippen LogP contribution in [0.5, 0.6) is 0 Å². The molecular weight excluding hydrogens is 389 g/mol. The predicted molar refractivity (Wildman–Crippen MR) is 103 cm³/mol. The number of nitrogens with two attached hydrogens (primary N) is 1. The van der Waals surface area contributed by atoms with E-state index in [-0.39, 0.29) is 24.0 Å². The van der Waals surface area contributed by atoms with Gasteiger partial charge in [-0.15, -0.1) is 24.0 Å². The van der Waals surface area contributed by atoms with Gasteiger partial charge in [0.15, 0.2) is 5.96 Å². The molecule has 1 aliphatic rings. The first-order chi connectivity index (χ1) is 10.3. The van der Waals surface area contributed by atoms with Crippen LogP contribution in [0.3, 0.4) is 0 Å². The van der Waals surface area contributed by atoms with Gasteiger partial charge in [-0.2, -0.15) is 0 Å². The molecule has 1 aromatic rings. The molecule has 4 nitrogen and oxygen atoms in total. The van der Waals surface area contributed by atoms with Crippen LogP contribution >= 0.6 is 24.0 Å². The Morgan fingerprint density at radius 3 is 2.59 bits per heavy atom. The van der Waals surface area contributed by atoms with Crippen LogP contribution in [0.1, 0.15) is 50.2 Å². The quantitative estimate of drug-likeness (QED) is 0.423. The Balaban J connectivity index is 0.00000242. The normalized spacial score (nSPS) is 16.1. The number of hydrogen-bond acceptors (Lipinski definition) is 2. The first-order valence-electron chi connectivity index (χ1n) is 8.00. The second-order valence-corrected chi connectivity index (χ2v) is 5.59. The average Bonchev–Trinajstić information content (AvgIpc) is 2.52. The Hall–Kier alpha value is -0.820. The third kappa shape index (κ3) is 6.52. The number of hydrogen-bond donors (Lipinski definition) is 2. The average molecular weight is 417 g/mol. The SMILES string of the molecule is CCOCc1ccccc1CN=C(N)NC1CCCCC1.I. The molecule has 0 heterocycles. The number of benzene rings is 1. The lowest BCUT2D eigenvalue weighted by molar-refractivity contribution is 0.133. The number of guanidine groups is 1. The Kier molecular flexibility index (Phi) is 9.47. The summed E-state index contributed by atoms with van der Waals surface area (Å²) in [6.45, 7) is 3.97. The van der Waals surface area contributed by atoms with Gasteiger partial charge in [0.2, 0.25) is 0 Å². The molecule has 1 fully saturated rings. The van der Waals surface area contributed by atoms with Gasteiger partial charge in [0.05, 0.1) is 13.2 Å². The molecule has 2 rings (SSSR count). The predicted octanol–water partition coefficient (Wildman–Crippen LogP) is 3.58. The number of halogens is 1. The standard InChI is InChI=1S/C17H27N3O.HI/c1-2-21-13-15-9-7-6-8-14(15)12-19-17(18)20-16-10-4-3-5-11-16;/h6-9,16H,2-5,10-13H2,1H3,(H3,18,19,20);1H. The number of nitrogens with one attached hydrogen (secondary N) is 1. The first-order valence-corrected chi connectivity index (χ1v) is 8.00. The minimum atomic E-state index is 0. The van der Waals surface area contributed by atoms with Gasteiger partial charge in [-0.25, -0.2) is 4.99 Å². The van der Waals surface area contributed by atoms with E-state index in [1.165, 1.54) is 43.2 Å². The maximum Gasteiger partial charge on any atom is 0.189 e. The molecule has 22 heavy (non-hydrogen) atoms. The fourth-order valence-corrected chi connectivity index (χ4v) is 2.74. The smallest absolute Gasteiger partial charge is 0.189 e. The summed E-state index contributed by atoms with van der Waals surface area (Å²) < 4.78 is 5.49. The fourth-order valence-electron chi connectivity index (χ4n) is 2.74. The summed E-state index contributed by atoms with van der Waals surface area (Å²) in [4.78, 5) is 4.48. The molecule has 0 spiro atoms. The van der Waals surface area contributed by atoms with Crippen molar-refractivity contribution in [1.82, 2.24) is 5.32 Å². The monoisotopic (exact) mass is 417 g/mol. The Morgan fingerprint density at radius 1 is 1.23 bits per heavy atom. The van der Waals surface area contributed by atoms with Crippen LogP contribution in [0.15, 0.2) is 29.3 Å². The Bertz CT molecular complexity index is 459. The molecule has 0 aliphatic heterocycles. The molecule has 0 atom stereocenters. The molecule has 0 aromatic heterocycles. The van der Waals surface area contributed by atoms with Crippen LogP contribution in [0.4, 0.5) is 0 Å². The molecule has 1 aromatic carbocycles. The zero-order valence-corrected chi connectivity index (χ0v) is 15.7. The zero-order chi connectivity index (χ0) is 14.9. The van der Waals surface area contributed by atoms with Gasteiger partial charge in [0.1, 0.15) is 0 Å². The van der Waals surface area contributed by atoms with Crippen molar-refractivity contribution in [2.24, 2.45) is 10.7 Å². The summed E-state index contributed by atoms with van der Waals surface area (Å²) in [5.74, 6) is 0.563. The van der Waals surface area contributed by atoms with Gasteiger partial charge < -0.3 is 15.8 Å². The lowest BCUT2D eigenvalue weighted by atomic mass is 9.96. The van der Waals surface area contributed by atoms with E-state index in [0.29, 0.717) is 25.2 Å². The fraction of sp³-hybridized carbons (Fsp3) is 0.588. The number of aliphatic imine (C=N–C) groups is 1. The third-order valence-electron chi connectivity index (χ3n) is 3.96. The van der Waals surface area contributed by atoms with Gasteiger partial charge in [-0.1, -0.05) is 43.5 Å². The second kappa shape index (κ2) is 10.8. The summed E-state index contributed by atoms with van der Waals surface area (Å²) in [7, 11) is 0. The Morgan fingerprint density at radius 2 is 1.91 bits per heavy atom. The van der Waals surface area contributed by atoms with Crippen LogP contribution in [0.25, 0.3) is 0 Å². The minimum Gasteiger partial charge on any atom is -0.377 e. The van der Waals surface area contributed by atoms with Crippen molar-refractivity contribution >= 4 is 29.9 Å². The van der Waals surface area contributed by atoms with E-state index in [4.69, 9.17) is 10.5 Å². The summed E-state index contributed by atoms with van der Waals surface area (Å²) in [5, 5.41) is 3.35. The summed E-state index contributed by atoms with van der Waals surface area (Å²) >= 11 is 0. The van der Waals surface area contributed by atoms with Crippen LogP contribution in [0, 0.1) is 0 Å². The van der Waals surface area contributed by atoms with E-state index in [1.807, 2.05) is 19.1 Å². The number of ether oxygens (including phenoxy) is 1. The molecule has 0 amide bonds. The van der Waals surface area contributed by atoms with Crippen LogP contribution < -0.4 is 11.1 Å². The van der Waals surface area contributed by atoms with Gasteiger partial charge in [0.25, 0.3) is 0 Å². The van der Waals surface area contributed by atoms with Gasteiger partial charge in [-0.05, 0) is 30.9 Å². The van der Waals surface area contributed by atoms with Gasteiger partial charge in [-0.3, -0.25) is 0 Å². The van der Waals surface area contributed by atoms with Crippen LogP contribution in [-0.2, 0) is 17.9 Å². The molecule has 1 saturated carbocycles. The topological polar surface area (TPSA) is 59.6 Å². The largest absolute Gasteiger partial charge is 0.377 e. The number of nitrogens with zero attached hydrogens (tertiary/aromatic N) is 1. The van der Waals surface area contributed by atoms with E-state index < -0.39 is 0 Å². The molecule has 0 saturated heterocycles. The molecule has 124 valence electrons. The van der Waals surface area contributed by atoms with Crippen molar-refractivity contribution in [2.45, 2.75) is 58.2 Å². The highest BCUT2D eigenvalue weighted by Crippen LogP contribution is 2.17. The van der Waals surface area contributed by atoms with E-state index in [9.17, 15) is 0 Å². The highest BCUT2D eigenvalue weighted by molar-refractivity contribution is 14.0. The van der Waals surface area contributed by atoms with Gasteiger partial charge in [0, 0.05) is 12.6 Å². The maximum absolute atomic E-state index is 6.01. The van der Waals surface area contributed by atoms with Crippen molar-refractivity contribution in [3.8, 4) is 0 Å². The second-order valence-electron chi connectivity index (χ2n) is 5.59. The molecule has 0 bridgehead atoms. The highest BCUT2D eigenvalue weighted by Gasteiger charge is 2.13. The molecule has 3 N–H and O–H groups in total. The van der Waals surface area contributed by atoms with Crippen molar-refractivity contribution in [1.29, 1.82) is 0 Å². The third-order valence-corrected chi connectivity index (χ3v) is 3.96. The van der Waals surface area contributed by atoms with Crippen molar-refractivity contribution < 1.29 is 4.74 Å². The first kappa shape index (κ1) is 19.2. The molecule has 5 heteroatoms. The van der Waals surface area contributed by atoms with E-state index >= 15 is 0 Å². The molecule has 0 radical (unpaired) electrons. The maximum atomic E-state index is 6.01. The van der Waals surface area contributed by atoms with Crippen LogP contribution in [0.2, 0.25) is 0 Å². The molecular formula is C17H28IN3O. The minimum absolute atomic E-state index is 0. The Labute approximate surface area is 150 Å². The zero-order valence-electron chi connectivity index (χ0n) is 13.4. The summed E-state index contributed by atoms with van der Waals surface area (Å²) in [5.41, 5.74) is 8.38.